The Kier molecular flexibility index (Phi) is 12.1. The van der Waals surface area contributed by atoms with Crippen LogP contribution < -0.4 is 15.6 Å². The molecule has 1 aromatic carbocycles. The van der Waals surface area contributed by atoms with E-state index in [2.05, 4.69) is 95.9 Å². The summed E-state index contributed by atoms with van der Waals surface area (Å²) in [6.45, 7) is 18.1. The number of pyridine rings is 1. The van der Waals surface area contributed by atoms with Gasteiger partial charge in [-0.3, -0.25) is 24.4 Å². The summed E-state index contributed by atoms with van der Waals surface area (Å²) in [4.78, 5) is 53.8. The smallest absolute Gasteiger partial charge is 0.324 e. The van der Waals surface area contributed by atoms with Crippen LogP contribution in [-0.2, 0) is 36.8 Å². The Bertz CT molecular complexity index is 2040. The van der Waals surface area contributed by atoms with Gasteiger partial charge in [0, 0.05) is 87.3 Å². The number of methoxy groups -OCH3 is 1. The van der Waals surface area contributed by atoms with Gasteiger partial charge in [0.25, 0.3) is 5.91 Å². The van der Waals surface area contributed by atoms with E-state index < -0.39 is 17.5 Å². The molecule has 1 saturated carbocycles. The molecule has 5 aliphatic rings. The lowest BCUT2D eigenvalue weighted by Crippen LogP contribution is -2.62. The second-order valence-corrected chi connectivity index (χ2v) is 18.9. The van der Waals surface area contributed by atoms with Gasteiger partial charge in [-0.25, -0.2) is 5.43 Å². The molecule has 13 heteroatoms. The molecule has 1 aliphatic carbocycles. The zero-order valence-electron chi connectivity index (χ0n) is 36.4. The predicted molar refractivity (Wildman–Crippen MR) is 230 cm³/mol. The fraction of sp³-hybridized carbons (Fsp3) is 0.652. The van der Waals surface area contributed by atoms with Gasteiger partial charge < -0.3 is 34.1 Å². The monoisotopic (exact) mass is 811 g/mol. The highest BCUT2D eigenvalue weighted by atomic mass is 16.5. The van der Waals surface area contributed by atoms with Crippen molar-refractivity contribution in [3.8, 4) is 11.3 Å². The van der Waals surface area contributed by atoms with Gasteiger partial charge in [-0.15, -0.1) is 0 Å². The number of fused-ring (bicyclic) bond motifs is 6. The van der Waals surface area contributed by atoms with Crippen LogP contribution in [0.25, 0.3) is 22.2 Å². The molecule has 2 unspecified atom stereocenters. The molecule has 13 nitrogen and oxygen atoms in total. The number of carbonyl (C=O) groups excluding carboxylic acids is 3. The molecule has 4 aliphatic heterocycles. The number of hydrogen-bond acceptors (Lipinski definition) is 10. The molecule has 59 heavy (non-hydrogen) atoms. The molecule has 4 fully saturated rings. The van der Waals surface area contributed by atoms with Crippen LogP contribution >= 0.6 is 0 Å². The Morgan fingerprint density at radius 3 is 2.56 bits per heavy atom. The van der Waals surface area contributed by atoms with E-state index in [0.717, 1.165) is 87.7 Å². The number of hydrazine groups is 1. The van der Waals surface area contributed by atoms with Gasteiger partial charge in [0.2, 0.25) is 5.91 Å². The Morgan fingerprint density at radius 2 is 1.83 bits per heavy atom. The molecule has 3 saturated heterocycles. The van der Waals surface area contributed by atoms with Gasteiger partial charge in [-0.1, -0.05) is 26.8 Å². The molecule has 8 rings (SSSR count). The standard InChI is InChI=1S/C46H66N8O5/c1-8-53-40-14-13-31-22-35(40)37(42(53)36-23-33(25-47-41(36)30(3)58-7)52-19-17-50(6)18-20-52)24-46(4,5)28-59-45(57)38-12-10-16-54(49-38)44(56)39(48-43(55)34-21-29(34)2)27-51-15-9-11-32(31)26-51/h13-14,22-23,25,29-30,32,34,38-39,49H,8-12,15-21,24,26-28H2,1-7H3,(H,48,55)/t29-,30-,32?,34-,38-,39-/m0/s1. The highest BCUT2D eigenvalue weighted by molar-refractivity contribution is 5.94. The van der Waals surface area contributed by atoms with Crippen LogP contribution in [-0.4, -0.2) is 127 Å². The normalized spacial score (nSPS) is 28.5. The number of carbonyl (C=O) groups is 3. The van der Waals surface area contributed by atoms with Crippen molar-refractivity contribution in [3.63, 3.8) is 0 Å². The molecule has 7 atom stereocenters. The Hall–Kier alpha value is -4.04. The lowest BCUT2D eigenvalue weighted by atomic mass is 9.83. The molecule has 3 aromatic rings. The van der Waals surface area contributed by atoms with Gasteiger partial charge >= 0.3 is 5.97 Å². The number of nitrogens with one attached hydrogen (secondary N) is 2. The highest BCUT2D eigenvalue weighted by Crippen LogP contribution is 2.43. The quantitative estimate of drug-likeness (QED) is 0.311. The first-order valence-corrected chi connectivity index (χ1v) is 22.2. The summed E-state index contributed by atoms with van der Waals surface area (Å²) in [6, 6.07) is 7.98. The number of rotatable bonds is 7. The molecule has 2 N–H and O–H groups in total. The molecule has 6 bridgehead atoms. The van der Waals surface area contributed by atoms with Crippen molar-refractivity contribution in [1.29, 1.82) is 0 Å². The second-order valence-electron chi connectivity index (χ2n) is 18.9. The minimum absolute atomic E-state index is 0.0505. The fourth-order valence-corrected chi connectivity index (χ4v) is 9.94. The maximum atomic E-state index is 14.3. The number of amides is 2. The number of anilines is 1. The number of ether oxygens (including phenoxy) is 2. The number of aryl methyl sites for hydroxylation is 1. The summed E-state index contributed by atoms with van der Waals surface area (Å²) < 4.78 is 14.6. The van der Waals surface area contributed by atoms with Crippen molar-refractivity contribution in [1.82, 2.24) is 35.1 Å². The Labute approximate surface area is 350 Å². The fourth-order valence-electron chi connectivity index (χ4n) is 9.94. The number of aromatic nitrogens is 2. The van der Waals surface area contributed by atoms with E-state index in [1.807, 2.05) is 6.20 Å². The summed E-state index contributed by atoms with van der Waals surface area (Å²) in [7, 11) is 3.92. The van der Waals surface area contributed by atoms with E-state index in [0.29, 0.717) is 38.3 Å². The molecule has 2 aromatic heterocycles. The summed E-state index contributed by atoms with van der Waals surface area (Å²) >= 11 is 0. The summed E-state index contributed by atoms with van der Waals surface area (Å²) in [5.41, 5.74) is 10.7. The first-order chi connectivity index (χ1) is 28.3. The SMILES string of the molecule is CCn1c(-c2cc(N3CCN(C)CC3)cnc2[C@H](C)OC)c2c3cc(ccc31)C1CCCN(C1)C[C@H](NC(=O)[C@H]1C[C@@H]1C)C(=O)N1CCC[C@H](N1)C(=O)OCC(C)(C)C2. The third kappa shape index (κ3) is 8.76. The third-order valence-corrected chi connectivity index (χ3v) is 13.8. The first-order valence-electron chi connectivity index (χ1n) is 22.2. The van der Waals surface area contributed by atoms with Gasteiger partial charge in [0.05, 0.1) is 36.0 Å². The van der Waals surface area contributed by atoms with Crippen LogP contribution in [0.2, 0.25) is 0 Å². The molecule has 2 amide bonds. The number of cyclic esters (lactones) is 1. The van der Waals surface area contributed by atoms with Crippen LogP contribution in [0.1, 0.15) is 95.6 Å². The predicted octanol–water partition coefficient (Wildman–Crippen LogP) is 5.12. The minimum atomic E-state index is -0.719. The number of nitrogens with zero attached hydrogens (tertiary/aromatic N) is 6. The lowest BCUT2D eigenvalue weighted by Gasteiger charge is -2.38. The number of esters is 1. The van der Waals surface area contributed by atoms with E-state index in [9.17, 15) is 14.4 Å². The lowest BCUT2D eigenvalue weighted by molar-refractivity contribution is -0.155. The van der Waals surface area contributed by atoms with Crippen LogP contribution in [0.3, 0.4) is 0 Å². The maximum Gasteiger partial charge on any atom is 0.324 e. The van der Waals surface area contributed by atoms with Crippen molar-refractivity contribution in [2.75, 3.05) is 78.0 Å². The molecular weight excluding hydrogens is 745 g/mol. The average molecular weight is 811 g/mol. The number of benzene rings is 1. The summed E-state index contributed by atoms with van der Waals surface area (Å²) in [5, 5.41) is 5.93. The zero-order valence-corrected chi connectivity index (χ0v) is 36.4. The number of piperazine rings is 1. The van der Waals surface area contributed by atoms with Crippen LogP contribution in [0.5, 0.6) is 0 Å². The Balaban J connectivity index is 1.23. The van der Waals surface area contributed by atoms with Crippen LogP contribution in [0.15, 0.2) is 30.5 Å². The first kappa shape index (κ1) is 41.7. The minimum Gasteiger partial charge on any atom is -0.464 e. The van der Waals surface area contributed by atoms with Gasteiger partial charge in [-0.2, -0.15) is 0 Å². The van der Waals surface area contributed by atoms with E-state index in [-0.39, 0.29) is 42.3 Å². The van der Waals surface area contributed by atoms with Crippen molar-refractivity contribution >= 4 is 34.4 Å². The van der Waals surface area contributed by atoms with E-state index in [1.54, 1.807) is 12.1 Å². The highest BCUT2D eigenvalue weighted by Gasteiger charge is 2.42. The van der Waals surface area contributed by atoms with Gasteiger partial charge in [0.15, 0.2) is 0 Å². The molecule has 0 spiro atoms. The van der Waals surface area contributed by atoms with E-state index >= 15 is 0 Å². The number of piperidine rings is 1. The molecule has 0 radical (unpaired) electrons. The average Bonchev–Trinajstić information content (AvgIpc) is 3.91. The largest absolute Gasteiger partial charge is 0.464 e. The molecule has 6 heterocycles. The number of hydrogen-bond donors (Lipinski definition) is 2. The second kappa shape index (κ2) is 17.1. The maximum absolute atomic E-state index is 14.3. The van der Waals surface area contributed by atoms with E-state index in [4.69, 9.17) is 14.5 Å². The topological polar surface area (TPSA) is 125 Å². The van der Waals surface area contributed by atoms with Crippen LogP contribution in [0.4, 0.5) is 5.69 Å². The van der Waals surface area contributed by atoms with Gasteiger partial charge in [0.1, 0.15) is 12.1 Å². The van der Waals surface area contributed by atoms with Crippen molar-refractivity contribution in [2.45, 2.75) is 104 Å². The van der Waals surface area contributed by atoms with Crippen molar-refractivity contribution in [2.24, 2.45) is 17.3 Å². The third-order valence-electron chi connectivity index (χ3n) is 13.8. The summed E-state index contributed by atoms with van der Waals surface area (Å²) in [5.74, 6) is -0.0628. The zero-order chi connectivity index (χ0) is 41.6. The number of likely N-dealkylation sites (N-methyl/N-ethyl adjacent to an activating group) is 1. The van der Waals surface area contributed by atoms with Crippen LogP contribution in [0, 0.1) is 17.3 Å². The molecule has 320 valence electrons. The van der Waals surface area contributed by atoms with E-state index in [1.165, 1.54) is 22.0 Å². The summed E-state index contributed by atoms with van der Waals surface area (Å²) in [6.07, 6.45) is 6.59. The Morgan fingerprint density at radius 1 is 1.07 bits per heavy atom. The molecular formula is C46H66N8O5. The van der Waals surface area contributed by atoms with Crippen molar-refractivity contribution < 1.29 is 23.9 Å². The van der Waals surface area contributed by atoms with Gasteiger partial charge in [-0.05, 0) is 107 Å². The van der Waals surface area contributed by atoms with Crippen molar-refractivity contribution in [3.05, 3.63) is 47.3 Å².